The van der Waals surface area contributed by atoms with E-state index in [1.807, 2.05) is 66.7 Å². The second-order valence-corrected chi connectivity index (χ2v) is 7.52. The Morgan fingerprint density at radius 2 is 1.61 bits per heavy atom. The number of nitrogens with zero attached hydrogens (tertiary/aromatic N) is 3. The van der Waals surface area contributed by atoms with Crippen molar-refractivity contribution in [1.82, 2.24) is 9.78 Å². The lowest BCUT2D eigenvalue weighted by Crippen LogP contribution is -2.36. The van der Waals surface area contributed by atoms with Crippen molar-refractivity contribution in [2.45, 2.75) is 0 Å². The molecule has 31 heavy (non-hydrogen) atoms. The SMILES string of the molecule is C=Cc1ccc(N2CCOCC2)cc1-n1nc(-c2ccccc2)c2ccccc2c1=O. The van der Waals surface area contributed by atoms with Crippen LogP contribution in [0.15, 0.2) is 84.2 Å². The molecule has 0 N–H and O–H groups in total. The average molecular weight is 409 g/mol. The second-order valence-electron chi connectivity index (χ2n) is 7.52. The molecule has 0 aliphatic carbocycles. The van der Waals surface area contributed by atoms with Crippen LogP contribution in [0.5, 0.6) is 0 Å². The second kappa shape index (κ2) is 8.20. The Morgan fingerprint density at radius 3 is 2.35 bits per heavy atom. The molecule has 5 rings (SSSR count). The van der Waals surface area contributed by atoms with Crippen LogP contribution in [0, 0.1) is 0 Å². The first-order valence-corrected chi connectivity index (χ1v) is 10.4. The number of hydrogen-bond acceptors (Lipinski definition) is 4. The number of fused-ring (bicyclic) bond motifs is 1. The van der Waals surface area contributed by atoms with Gasteiger partial charge in [0.05, 0.1) is 30.0 Å². The van der Waals surface area contributed by atoms with Crippen LogP contribution < -0.4 is 10.5 Å². The smallest absolute Gasteiger partial charge is 0.279 e. The van der Waals surface area contributed by atoms with Gasteiger partial charge in [-0.3, -0.25) is 4.79 Å². The van der Waals surface area contributed by atoms with Crippen LogP contribution in [0.1, 0.15) is 5.56 Å². The van der Waals surface area contributed by atoms with Crippen LogP contribution in [0.2, 0.25) is 0 Å². The monoisotopic (exact) mass is 409 g/mol. The predicted molar refractivity (Wildman–Crippen MR) is 126 cm³/mol. The maximum Gasteiger partial charge on any atom is 0.279 e. The van der Waals surface area contributed by atoms with Gasteiger partial charge in [0.2, 0.25) is 0 Å². The van der Waals surface area contributed by atoms with Crippen molar-refractivity contribution in [3.05, 3.63) is 95.3 Å². The Balaban J connectivity index is 1.76. The molecular formula is C26H23N3O2. The highest BCUT2D eigenvalue weighted by Gasteiger charge is 2.17. The highest BCUT2D eigenvalue weighted by molar-refractivity contribution is 5.94. The molecule has 0 amide bonds. The summed E-state index contributed by atoms with van der Waals surface area (Å²) in [6.07, 6.45) is 1.77. The Morgan fingerprint density at radius 1 is 0.903 bits per heavy atom. The van der Waals surface area contributed by atoms with Crippen molar-refractivity contribution in [3.8, 4) is 16.9 Å². The van der Waals surface area contributed by atoms with Gasteiger partial charge in [-0.15, -0.1) is 0 Å². The molecule has 1 aliphatic rings. The molecule has 1 saturated heterocycles. The van der Waals surface area contributed by atoms with Crippen LogP contribution >= 0.6 is 0 Å². The first-order chi connectivity index (χ1) is 15.3. The van der Waals surface area contributed by atoms with E-state index in [2.05, 4.69) is 17.5 Å². The topological polar surface area (TPSA) is 47.4 Å². The first kappa shape index (κ1) is 19.3. The summed E-state index contributed by atoms with van der Waals surface area (Å²) in [5.74, 6) is 0. The Hall–Kier alpha value is -3.70. The van der Waals surface area contributed by atoms with Crippen molar-refractivity contribution in [2.75, 3.05) is 31.2 Å². The molecule has 3 aromatic carbocycles. The Kier molecular flexibility index (Phi) is 5.10. The van der Waals surface area contributed by atoms with E-state index in [1.165, 1.54) is 4.68 Å². The number of anilines is 1. The van der Waals surface area contributed by atoms with Gasteiger partial charge < -0.3 is 9.64 Å². The molecule has 5 nitrogen and oxygen atoms in total. The lowest BCUT2D eigenvalue weighted by Gasteiger charge is -2.29. The predicted octanol–water partition coefficient (Wildman–Crippen LogP) is 4.53. The molecule has 1 aliphatic heterocycles. The number of hydrogen-bond donors (Lipinski definition) is 0. The van der Waals surface area contributed by atoms with E-state index in [1.54, 1.807) is 6.08 Å². The van der Waals surface area contributed by atoms with Gasteiger partial charge >= 0.3 is 0 Å². The third kappa shape index (κ3) is 3.53. The number of morpholine rings is 1. The molecule has 0 bridgehead atoms. The molecule has 1 fully saturated rings. The van der Waals surface area contributed by atoms with Crippen LogP contribution in [-0.2, 0) is 4.74 Å². The molecular weight excluding hydrogens is 386 g/mol. The maximum atomic E-state index is 13.5. The zero-order valence-corrected chi connectivity index (χ0v) is 17.2. The van der Waals surface area contributed by atoms with Gasteiger partial charge in [-0.1, -0.05) is 67.3 Å². The lowest BCUT2D eigenvalue weighted by atomic mass is 10.0. The summed E-state index contributed by atoms with van der Waals surface area (Å²) in [6, 6.07) is 23.7. The summed E-state index contributed by atoms with van der Waals surface area (Å²) >= 11 is 0. The summed E-state index contributed by atoms with van der Waals surface area (Å²) in [5, 5.41) is 6.34. The van der Waals surface area contributed by atoms with Crippen molar-refractivity contribution < 1.29 is 4.74 Å². The van der Waals surface area contributed by atoms with Gasteiger partial charge in [-0.05, 0) is 23.8 Å². The van der Waals surface area contributed by atoms with Gasteiger partial charge in [0, 0.05) is 29.7 Å². The fourth-order valence-electron chi connectivity index (χ4n) is 4.07. The largest absolute Gasteiger partial charge is 0.378 e. The van der Waals surface area contributed by atoms with Crippen molar-refractivity contribution in [3.63, 3.8) is 0 Å². The van der Waals surface area contributed by atoms with Crippen molar-refractivity contribution in [1.29, 1.82) is 0 Å². The van der Waals surface area contributed by atoms with Crippen LogP contribution in [0.4, 0.5) is 5.69 Å². The number of ether oxygens (including phenoxy) is 1. The number of rotatable bonds is 4. The lowest BCUT2D eigenvalue weighted by molar-refractivity contribution is 0.122. The van der Waals surface area contributed by atoms with Crippen molar-refractivity contribution in [2.24, 2.45) is 0 Å². The quantitative estimate of drug-likeness (QED) is 0.497. The minimum atomic E-state index is -0.141. The fraction of sp³-hybridized carbons (Fsp3) is 0.154. The van der Waals surface area contributed by atoms with Gasteiger partial charge in [-0.2, -0.15) is 9.78 Å². The van der Waals surface area contributed by atoms with E-state index in [9.17, 15) is 4.79 Å². The van der Waals surface area contributed by atoms with Crippen LogP contribution in [0.3, 0.4) is 0 Å². The molecule has 1 aromatic heterocycles. The van der Waals surface area contributed by atoms with E-state index < -0.39 is 0 Å². The molecule has 0 atom stereocenters. The molecule has 0 spiro atoms. The van der Waals surface area contributed by atoms with E-state index in [4.69, 9.17) is 9.84 Å². The highest BCUT2D eigenvalue weighted by atomic mass is 16.5. The van der Waals surface area contributed by atoms with E-state index in [0.29, 0.717) is 18.6 Å². The minimum Gasteiger partial charge on any atom is -0.378 e. The molecule has 154 valence electrons. The standard InChI is InChI=1S/C26H23N3O2/c1-2-19-12-13-21(28-14-16-31-17-15-28)18-24(19)29-26(30)23-11-7-6-10-22(23)25(27-29)20-8-4-3-5-9-20/h2-13,18H,1,14-17H2. The number of aromatic nitrogens is 2. The van der Waals surface area contributed by atoms with Crippen molar-refractivity contribution >= 4 is 22.5 Å². The summed E-state index contributed by atoms with van der Waals surface area (Å²) < 4.78 is 7.01. The molecule has 5 heteroatoms. The fourth-order valence-corrected chi connectivity index (χ4v) is 4.07. The number of benzene rings is 3. The van der Waals surface area contributed by atoms with Crippen LogP contribution in [0.25, 0.3) is 33.8 Å². The third-order valence-corrected chi connectivity index (χ3v) is 5.69. The zero-order valence-electron chi connectivity index (χ0n) is 17.2. The van der Waals surface area contributed by atoms with E-state index >= 15 is 0 Å². The first-order valence-electron chi connectivity index (χ1n) is 10.4. The summed E-state index contributed by atoms with van der Waals surface area (Å²) in [7, 11) is 0. The zero-order chi connectivity index (χ0) is 21.2. The highest BCUT2D eigenvalue weighted by Crippen LogP contribution is 2.28. The molecule has 0 radical (unpaired) electrons. The molecule has 0 saturated carbocycles. The minimum absolute atomic E-state index is 0.141. The molecule has 0 unspecified atom stereocenters. The van der Waals surface area contributed by atoms with Crippen LogP contribution in [-0.4, -0.2) is 36.1 Å². The maximum absolute atomic E-state index is 13.5. The summed E-state index contributed by atoms with van der Waals surface area (Å²) in [5.41, 5.74) is 4.25. The van der Waals surface area contributed by atoms with Gasteiger partial charge in [-0.25, -0.2) is 0 Å². The Bertz CT molecular complexity index is 1310. The van der Waals surface area contributed by atoms with Gasteiger partial charge in [0.1, 0.15) is 0 Å². The van der Waals surface area contributed by atoms with E-state index in [-0.39, 0.29) is 5.56 Å². The molecule has 4 aromatic rings. The normalized spacial score (nSPS) is 14.0. The summed E-state index contributed by atoms with van der Waals surface area (Å²) in [6.45, 7) is 7.00. The third-order valence-electron chi connectivity index (χ3n) is 5.69. The van der Waals surface area contributed by atoms with Gasteiger partial charge in [0.15, 0.2) is 0 Å². The summed E-state index contributed by atoms with van der Waals surface area (Å²) in [4.78, 5) is 15.8. The Labute approximate surface area is 180 Å². The molecule has 2 heterocycles. The average Bonchev–Trinajstić information content (AvgIpc) is 2.85. The van der Waals surface area contributed by atoms with E-state index in [0.717, 1.165) is 46.7 Å². The van der Waals surface area contributed by atoms with Gasteiger partial charge in [0.25, 0.3) is 5.56 Å².